The van der Waals surface area contributed by atoms with Crippen molar-refractivity contribution in [3.05, 3.63) is 88.2 Å². The number of carbonyl (C=O) groups is 3. The van der Waals surface area contributed by atoms with E-state index in [-0.39, 0.29) is 62.4 Å². The van der Waals surface area contributed by atoms with E-state index in [1.54, 1.807) is 51.1 Å². The fraction of sp³-hybridized carbons (Fsp3) is 0.372. The zero-order valence-electron chi connectivity index (χ0n) is 33.1. The number of anilines is 1. The summed E-state index contributed by atoms with van der Waals surface area (Å²) in [7, 11) is 4.87. The van der Waals surface area contributed by atoms with Gasteiger partial charge in [0.15, 0.2) is 47.1 Å². The normalized spacial score (nSPS) is 29.0. The van der Waals surface area contributed by atoms with Crippen molar-refractivity contribution < 1.29 is 62.9 Å². The smallest absolute Gasteiger partial charge is 0.341 e. The Morgan fingerprint density at radius 1 is 1.13 bits per heavy atom. The minimum atomic E-state index is -1.80. The van der Waals surface area contributed by atoms with Crippen molar-refractivity contribution in [1.82, 2.24) is 4.90 Å². The lowest BCUT2D eigenvalue weighted by molar-refractivity contribution is -0.329. The highest BCUT2D eigenvalue weighted by Crippen LogP contribution is 2.44. The van der Waals surface area contributed by atoms with E-state index < -0.39 is 84.2 Å². The minimum absolute atomic E-state index is 0.0160. The highest BCUT2D eigenvalue weighted by molar-refractivity contribution is 6.32. The number of aliphatic hydroxyl groups is 2. The summed E-state index contributed by atoms with van der Waals surface area (Å²) in [6, 6.07) is 3.83. The molecule has 16 nitrogen and oxygen atoms in total. The maximum atomic E-state index is 14.1. The third-order valence-corrected chi connectivity index (χ3v) is 10.8. The van der Waals surface area contributed by atoms with E-state index in [2.05, 4.69) is 35.6 Å². The molecule has 8 rings (SSSR count). The number of fused-ring (bicyclic) bond motifs is 9. The second-order valence-electron chi connectivity index (χ2n) is 15.2. The van der Waals surface area contributed by atoms with E-state index in [4.69, 9.17) is 50.5 Å². The Bertz CT molecular complexity index is 2360. The van der Waals surface area contributed by atoms with Gasteiger partial charge in [0.05, 0.1) is 47.0 Å². The molecular formula is C43H42ClN3O13. The molecule has 1 saturated heterocycles. The molecule has 0 spiro atoms. The van der Waals surface area contributed by atoms with Gasteiger partial charge in [-0.25, -0.2) is 4.79 Å². The van der Waals surface area contributed by atoms with Crippen LogP contribution in [0.2, 0.25) is 5.02 Å². The standard InChI is InChI=1S/C43H42ClN3O13/c1-21-39(52)46-34-26(17-25(54-6)18-30(34)56-21)40(53)57-31-20-55-33(49)19-28(45)23-15-27(44)37(29(48)16-23)58-32-11-7-9-22(31)12-13-24-10-8-14-43(24,32)60-41-36(51)35(50)38(47(4)5)42(2,3)59-41/h8-10,14-18,28,31-32,35-36,38,41,48,50-51H,1,19-20,45H2,2-6H3,(H,46,52)/t28-,31?,32+,35-,36+,38-,41-,43?/m0/s1. The highest BCUT2D eigenvalue weighted by Gasteiger charge is 2.55. The maximum absolute atomic E-state index is 14.1. The number of esters is 2. The summed E-state index contributed by atoms with van der Waals surface area (Å²) >= 11 is 6.70. The van der Waals surface area contributed by atoms with Crippen molar-refractivity contribution in [2.24, 2.45) is 5.73 Å². The van der Waals surface area contributed by atoms with Gasteiger partial charge in [0.1, 0.15) is 24.6 Å². The molecule has 60 heavy (non-hydrogen) atoms. The molecule has 0 aromatic heterocycles. The third kappa shape index (κ3) is 7.94. The Kier molecular flexibility index (Phi) is 11.5. The number of aromatic hydroxyl groups is 1. The molecule has 2 aromatic rings. The van der Waals surface area contributed by atoms with Gasteiger partial charge < -0.3 is 64.4 Å². The molecule has 4 heterocycles. The van der Waals surface area contributed by atoms with Gasteiger partial charge in [0.2, 0.25) is 0 Å². The molecule has 314 valence electrons. The molecule has 0 radical (unpaired) electrons. The number of methoxy groups -OCH3 is 1. The minimum Gasteiger partial charge on any atom is -0.504 e. The van der Waals surface area contributed by atoms with Crippen molar-refractivity contribution in [2.75, 3.05) is 33.1 Å². The van der Waals surface area contributed by atoms with Crippen LogP contribution in [0.1, 0.15) is 42.2 Å². The Morgan fingerprint density at radius 3 is 2.62 bits per heavy atom. The van der Waals surface area contributed by atoms with Crippen molar-refractivity contribution in [1.29, 1.82) is 0 Å². The first-order chi connectivity index (χ1) is 28.4. The lowest BCUT2D eigenvalue weighted by Crippen LogP contribution is -2.68. The lowest BCUT2D eigenvalue weighted by atomic mass is 9.85. The van der Waals surface area contributed by atoms with Crippen molar-refractivity contribution in [3.63, 3.8) is 0 Å². The molecule has 6 aliphatic rings. The molecule has 2 aliphatic carbocycles. The van der Waals surface area contributed by atoms with Gasteiger partial charge in [0.25, 0.3) is 5.91 Å². The number of likely N-dealkylation sites (N-methyl/N-ethyl adjacent to an activating group) is 1. The number of allylic oxidation sites excluding steroid dienone is 3. The molecule has 2 aromatic carbocycles. The summed E-state index contributed by atoms with van der Waals surface area (Å²) in [5, 5.41) is 36.6. The Balaban J connectivity index is 1.34. The van der Waals surface area contributed by atoms with Crippen LogP contribution < -0.4 is 25.3 Å². The van der Waals surface area contributed by atoms with E-state index in [0.717, 1.165) is 0 Å². The van der Waals surface area contributed by atoms with Gasteiger partial charge in [-0.2, -0.15) is 0 Å². The molecule has 8 atom stereocenters. The number of nitrogens with zero attached hydrogens (tertiary/aromatic N) is 1. The number of phenols is 1. The number of benzene rings is 2. The number of hydrogen-bond donors (Lipinski definition) is 5. The van der Waals surface area contributed by atoms with Crippen LogP contribution in [0.5, 0.6) is 23.0 Å². The number of carbonyl (C=O) groups excluding carboxylic acids is 3. The first-order valence-corrected chi connectivity index (χ1v) is 19.0. The van der Waals surface area contributed by atoms with Gasteiger partial charge in [0, 0.05) is 23.8 Å². The number of halogens is 1. The van der Waals surface area contributed by atoms with Crippen LogP contribution in [0.3, 0.4) is 0 Å². The number of nitrogens with two attached hydrogens (primary N) is 1. The van der Waals surface area contributed by atoms with Crippen molar-refractivity contribution in [2.45, 2.75) is 74.3 Å². The van der Waals surface area contributed by atoms with E-state index in [0.29, 0.717) is 0 Å². The fourth-order valence-corrected chi connectivity index (χ4v) is 7.88. The van der Waals surface area contributed by atoms with E-state index in [1.165, 1.54) is 37.5 Å². The SMILES string of the molecule is C=C1Oc2cc(OC)cc(C(=O)OC3COC(=O)C[C@H](N)c4cc(O)c(c(Cl)c4)O[C@@H]4C#CC=C3C#CC3=CC=CC34O[C@@H]3OC(C)(C)[C@@H](N(C)C)[C@@H](O)[C@H]3O)c2NC1=O. The number of nitrogens with one attached hydrogen (secondary N) is 1. The number of aliphatic hydroxyl groups excluding tert-OH is 2. The summed E-state index contributed by atoms with van der Waals surface area (Å²) in [6.45, 7) is 6.50. The van der Waals surface area contributed by atoms with E-state index in [1.807, 2.05) is 0 Å². The van der Waals surface area contributed by atoms with Crippen LogP contribution in [0, 0.1) is 23.7 Å². The van der Waals surface area contributed by atoms with Gasteiger partial charge in [-0.05, 0) is 69.8 Å². The molecular weight excluding hydrogens is 802 g/mol. The highest BCUT2D eigenvalue weighted by atomic mass is 35.5. The molecule has 1 fully saturated rings. The number of ether oxygens (including phenoxy) is 7. The van der Waals surface area contributed by atoms with Crippen LogP contribution >= 0.6 is 11.6 Å². The second-order valence-corrected chi connectivity index (χ2v) is 15.6. The zero-order chi connectivity index (χ0) is 43.3. The molecule has 4 bridgehead atoms. The molecule has 17 heteroatoms. The number of amides is 1. The van der Waals surface area contributed by atoms with Gasteiger partial charge >= 0.3 is 11.9 Å². The van der Waals surface area contributed by atoms with E-state index in [9.17, 15) is 29.7 Å². The largest absolute Gasteiger partial charge is 0.504 e. The first kappa shape index (κ1) is 42.3. The fourth-order valence-electron chi connectivity index (χ4n) is 7.61. The van der Waals surface area contributed by atoms with Crippen molar-refractivity contribution in [3.8, 4) is 46.7 Å². The maximum Gasteiger partial charge on any atom is 0.341 e. The first-order valence-electron chi connectivity index (χ1n) is 18.6. The zero-order valence-corrected chi connectivity index (χ0v) is 33.9. The van der Waals surface area contributed by atoms with E-state index >= 15 is 0 Å². The summed E-state index contributed by atoms with van der Waals surface area (Å²) in [5.41, 5.74) is 3.86. The Hall–Kier alpha value is -5.82. The number of rotatable bonds is 6. The van der Waals surface area contributed by atoms with Gasteiger partial charge in [-0.1, -0.05) is 42.0 Å². The number of hydrogen-bond acceptors (Lipinski definition) is 15. The predicted octanol–water partition coefficient (Wildman–Crippen LogP) is 2.80. The third-order valence-electron chi connectivity index (χ3n) is 10.5. The summed E-state index contributed by atoms with van der Waals surface area (Å²) < 4.78 is 41.9. The molecule has 0 saturated carbocycles. The Morgan fingerprint density at radius 2 is 1.90 bits per heavy atom. The van der Waals surface area contributed by atoms with Crippen LogP contribution in [-0.2, 0) is 28.5 Å². The average molecular weight is 844 g/mol. The monoisotopic (exact) mass is 843 g/mol. The van der Waals surface area contributed by atoms with Crippen molar-refractivity contribution >= 4 is 35.1 Å². The summed E-state index contributed by atoms with van der Waals surface area (Å²) in [6.07, 6.45) is -1.46. The van der Waals surface area contributed by atoms with Crippen LogP contribution in [0.25, 0.3) is 0 Å². The lowest BCUT2D eigenvalue weighted by Gasteiger charge is -2.51. The summed E-state index contributed by atoms with van der Waals surface area (Å²) in [5.74, 6) is 8.83. The number of phenolic OH excluding ortho intramolecular Hbond substituents is 1. The molecule has 6 N–H and O–H groups in total. The van der Waals surface area contributed by atoms with Crippen LogP contribution in [0.15, 0.2) is 72.1 Å². The van der Waals surface area contributed by atoms with Gasteiger partial charge in [-0.15, -0.1) is 0 Å². The topological polar surface area (TPSA) is 218 Å². The predicted molar refractivity (Wildman–Crippen MR) is 214 cm³/mol. The molecule has 1 amide bonds. The Labute approximate surface area is 350 Å². The van der Waals surface area contributed by atoms with Gasteiger partial charge in [-0.3, -0.25) is 9.59 Å². The average Bonchev–Trinajstić information content (AvgIpc) is 3.60. The summed E-state index contributed by atoms with van der Waals surface area (Å²) in [4.78, 5) is 41.6. The van der Waals surface area contributed by atoms with Crippen LogP contribution in [0.4, 0.5) is 5.69 Å². The quantitative estimate of drug-likeness (QED) is 0.161. The molecule has 2 unspecified atom stereocenters. The second kappa shape index (κ2) is 16.3. The van der Waals surface area contributed by atoms with Crippen LogP contribution in [-0.4, -0.2) is 114 Å². The molecule has 4 aliphatic heterocycles.